The quantitative estimate of drug-likeness (QED) is 0.252. The third kappa shape index (κ3) is 4.43. The summed E-state index contributed by atoms with van der Waals surface area (Å²) in [7, 11) is 1.93. The van der Waals surface area contributed by atoms with E-state index < -0.39 is 0 Å². The highest BCUT2D eigenvalue weighted by molar-refractivity contribution is 6.42. The monoisotopic (exact) mass is 499 g/mol. The van der Waals surface area contributed by atoms with Crippen LogP contribution in [0.4, 0.5) is 11.4 Å². The van der Waals surface area contributed by atoms with Gasteiger partial charge >= 0.3 is 0 Å². The van der Waals surface area contributed by atoms with Crippen molar-refractivity contribution in [2.24, 2.45) is 0 Å². The van der Waals surface area contributed by atoms with Crippen molar-refractivity contribution in [3.05, 3.63) is 134 Å². The third-order valence-corrected chi connectivity index (χ3v) is 6.97. The molecule has 5 aromatic rings. The van der Waals surface area contributed by atoms with Crippen molar-refractivity contribution in [2.45, 2.75) is 13.0 Å². The van der Waals surface area contributed by atoms with E-state index in [-0.39, 0.29) is 11.6 Å². The fraction of sp³-hybridized carbons (Fsp3) is 0.103. The number of fused-ring (bicyclic) bond motifs is 1. The summed E-state index contributed by atoms with van der Waals surface area (Å²) in [4.78, 5) is 20.8. The molecule has 35 heavy (non-hydrogen) atoms. The summed E-state index contributed by atoms with van der Waals surface area (Å²) in [5.74, 6) is 0.658. The lowest BCUT2D eigenvalue weighted by Gasteiger charge is -2.24. The molecule has 0 saturated carbocycles. The van der Waals surface area contributed by atoms with Gasteiger partial charge in [-0.1, -0.05) is 83.9 Å². The summed E-state index contributed by atoms with van der Waals surface area (Å²) < 4.78 is 1.79. The zero-order chi connectivity index (χ0) is 24.5. The van der Waals surface area contributed by atoms with Crippen LogP contribution in [0.2, 0.25) is 10.0 Å². The molecular formula is C29H23Cl2N3O. The largest absolute Gasteiger partial charge is 0.345 e. The molecule has 5 rings (SSSR count). The summed E-state index contributed by atoms with van der Waals surface area (Å²) in [6.07, 6.45) is 0. The molecule has 0 fully saturated rings. The predicted octanol–water partition coefficient (Wildman–Crippen LogP) is 7.42. The minimum atomic E-state index is -0.293. The second-order valence-electron chi connectivity index (χ2n) is 8.42. The Labute approximate surface area is 214 Å². The number of anilines is 2. The van der Waals surface area contributed by atoms with Crippen molar-refractivity contribution >= 4 is 45.5 Å². The van der Waals surface area contributed by atoms with Crippen LogP contribution in [0.3, 0.4) is 0 Å². The highest BCUT2D eigenvalue weighted by Gasteiger charge is 2.21. The number of hydrogen-bond donors (Lipinski definition) is 0. The van der Waals surface area contributed by atoms with Crippen molar-refractivity contribution < 1.29 is 0 Å². The van der Waals surface area contributed by atoms with Gasteiger partial charge < -0.3 is 4.90 Å². The van der Waals surface area contributed by atoms with E-state index in [1.54, 1.807) is 16.7 Å². The lowest BCUT2D eigenvalue weighted by atomic mass is 9.98. The van der Waals surface area contributed by atoms with Crippen LogP contribution in [-0.4, -0.2) is 16.6 Å². The topological polar surface area (TPSA) is 38.1 Å². The first-order valence-electron chi connectivity index (χ1n) is 11.3. The van der Waals surface area contributed by atoms with E-state index in [0.717, 1.165) is 22.5 Å². The maximum atomic E-state index is 14.0. The van der Waals surface area contributed by atoms with Gasteiger partial charge in [-0.15, -0.1) is 0 Å². The Morgan fingerprint density at radius 3 is 1.94 bits per heavy atom. The van der Waals surface area contributed by atoms with Crippen molar-refractivity contribution in [1.29, 1.82) is 0 Å². The van der Waals surface area contributed by atoms with E-state index in [2.05, 4.69) is 0 Å². The van der Waals surface area contributed by atoms with Gasteiger partial charge in [0.25, 0.3) is 5.56 Å². The molecule has 1 aromatic heterocycles. The molecule has 0 bridgehead atoms. The van der Waals surface area contributed by atoms with Crippen molar-refractivity contribution in [1.82, 2.24) is 9.55 Å². The molecular weight excluding hydrogens is 477 g/mol. The Balaban J connectivity index is 1.69. The first-order chi connectivity index (χ1) is 16.9. The van der Waals surface area contributed by atoms with Crippen LogP contribution < -0.4 is 10.5 Å². The normalized spacial score (nSPS) is 11.2. The van der Waals surface area contributed by atoms with Crippen LogP contribution in [-0.2, 0) is 0 Å². The minimum absolute atomic E-state index is 0.0883. The van der Waals surface area contributed by atoms with Gasteiger partial charge in [0.15, 0.2) is 0 Å². The summed E-state index contributed by atoms with van der Waals surface area (Å²) >= 11 is 12.3. The molecule has 0 unspecified atom stereocenters. The van der Waals surface area contributed by atoms with Gasteiger partial charge in [-0.05, 0) is 54.4 Å². The number of rotatable bonds is 5. The van der Waals surface area contributed by atoms with Crippen LogP contribution in [0.5, 0.6) is 0 Å². The zero-order valence-electron chi connectivity index (χ0n) is 19.3. The van der Waals surface area contributed by atoms with E-state index in [4.69, 9.17) is 28.2 Å². The highest BCUT2D eigenvalue weighted by atomic mass is 35.5. The molecule has 0 N–H and O–H groups in total. The van der Waals surface area contributed by atoms with Crippen LogP contribution in [0.15, 0.2) is 102 Å². The molecule has 0 aliphatic heterocycles. The zero-order valence-corrected chi connectivity index (χ0v) is 20.8. The molecule has 4 aromatic carbocycles. The van der Waals surface area contributed by atoms with Crippen LogP contribution in [0, 0.1) is 6.92 Å². The standard InChI is InChI=1S/C29H23Cl2N3O/c1-19-32-27-16-14-22(33(2)23-13-15-25(30)26(31)18-23)17-24(27)29(35)34(19)28(20-9-5-3-6-10-20)21-11-7-4-8-12-21/h3-18,28H,1-2H3. The lowest BCUT2D eigenvalue weighted by Crippen LogP contribution is -2.29. The van der Waals surface area contributed by atoms with Gasteiger partial charge in [0.05, 0.1) is 27.0 Å². The molecule has 0 aliphatic carbocycles. The molecule has 0 aliphatic rings. The predicted molar refractivity (Wildman–Crippen MR) is 145 cm³/mol. The van der Waals surface area contributed by atoms with E-state index in [0.29, 0.717) is 26.8 Å². The number of nitrogens with zero attached hydrogens (tertiary/aromatic N) is 3. The molecule has 174 valence electrons. The summed E-state index contributed by atoms with van der Waals surface area (Å²) in [6, 6.07) is 31.0. The van der Waals surface area contributed by atoms with E-state index >= 15 is 0 Å². The Morgan fingerprint density at radius 2 is 1.34 bits per heavy atom. The van der Waals surface area contributed by atoms with Crippen LogP contribution >= 0.6 is 23.2 Å². The number of hydrogen-bond acceptors (Lipinski definition) is 3. The van der Waals surface area contributed by atoms with Gasteiger partial charge in [-0.3, -0.25) is 9.36 Å². The average Bonchev–Trinajstić information content (AvgIpc) is 2.88. The molecule has 0 saturated heterocycles. The maximum absolute atomic E-state index is 14.0. The number of aryl methyl sites for hydroxylation is 1. The van der Waals surface area contributed by atoms with Gasteiger partial charge in [-0.2, -0.15) is 0 Å². The van der Waals surface area contributed by atoms with Gasteiger partial charge in [-0.25, -0.2) is 4.98 Å². The minimum Gasteiger partial charge on any atom is -0.345 e. The number of halogens is 2. The van der Waals surface area contributed by atoms with Crippen LogP contribution in [0.1, 0.15) is 23.0 Å². The average molecular weight is 500 g/mol. The molecule has 1 heterocycles. The molecule has 4 nitrogen and oxygen atoms in total. The summed E-state index contributed by atoms with van der Waals surface area (Å²) in [5, 5.41) is 1.53. The SMILES string of the molecule is Cc1nc2ccc(N(C)c3ccc(Cl)c(Cl)c3)cc2c(=O)n1C(c1ccccc1)c1ccccc1. The smallest absolute Gasteiger partial charge is 0.262 e. The molecule has 0 amide bonds. The first-order valence-corrected chi connectivity index (χ1v) is 12.0. The lowest BCUT2D eigenvalue weighted by molar-refractivity contribution is 0.620. The highest BCUT2D eigenvalue weighted by Crippen LogP contribution is 2.32. The summed E-state index contributed by atoms with van der Waals surface area (Å²) in [5.41, 5.74) is 4.33. The fourth-order valence-electron chi connectivity index (χ4n) is 4.41. The van der Waals surface area contributed by atoms with Crippen molar-refractivity contribution in [2.75, 3.05) is 11.9 Å². The van der Waals surface area contributed by atoms with Crippen molar-refractivity contribution in [3.63, 3.8) is 0 Å². The molecule has 0 atom stereocenters. The van der Waals surface area contributed by atoms with Crippen LogP contribution in [0.25, 0.3) is 10.9 Å². The Hall–Kier alpha value is -3.60. The molecule has 0 radical (unpaired) electrons. The van der Waals surface area contributed by atoms with E-state index in [1.807, 2.05) is 104 Å². The third-order valence-electron chi connectivity index (χ3n) is 6.23. The Kier molecular flexibility index (Phi) is 6.33. The number of aromatic nitrogens is 2. The van der Waals surface area contributed by atoms with Gasteiger partial charge in [0, 0.05) is 18.4 Å². The Morgan fingerprint density at radius 1 is 0.771 bits per heavy atom. The van der Waals surface area contributed by atoms with E-state index in [9.17, 15) is 4.79 Å². The summed E-state index contributed by atoms with van der Waals surface area (Å²) in [6.45, 7) is 1.88. The second kappa shape index (κ2) is 9.57. The maximum Gasteiger partial charge on any atom is 0.262 e. The van der Waals surface area contributed by atoms with Gasteiger partial charge in [0.1, 0.15) is 5.82 Å². The fourth-order valence-corrected chi connectivity index (χ4v) is 4.71. The van der Waals surface area contributed by atoms with Crippen molar-refractivity contribution in [3.8, 4) is 0 Å². The number of benzene rings is 4. The molecule has 6 heteroatoms. The Bertz CT molecular complexity index is 1530. The van der Waals surface area contributed by atoms with E-state index in [1.165, 1.54) is 0 Å². The van der Waals surface area contributed by atoms with Gasteiger partial charge in [0.2, 0.25) is 0 Å². The first kappa shape index (κ1) is 23.2. The second-order valence-corrected chi connectivity index (χ2v) is 9.23. The molecule has 0 spiro atoms.